The molecule has 4 nitrogen and oxygen atoms in total. The first kappa shape index (κ1) is 10.1. The molecule has 1 N–H and O–H groups in total. The van der Waals surface area contributed by atoms with Gasteiger partial charge in [0.1, 0.15) is 0 Å². The van der Waals surface area contributed by atoms with Crippen LogP contribution >= 0.6 is 0 Å². The van der Waals surface area contributed by atoms with E-state index in [0.717, 1.165) is 5.56 Å². The molecule has 0 bridgehead atoms. The van der Waals surface area contributed by atoms with Crippen molar-refractivity contribution < 1.29 is 13.5 Å². The fourth-order valence-electron chi connectivity index (χ4n) is 0.863. The van der Waals surface area contributed by atoms with E-state index in [-0.39, 0.29) is 17.4 Å². The Balaban J connectivity index is 3.02. The van der Waals surface area contributed by atoms with Crippen LogP contribution in [0.2, 0.25) is 0 Å². The summed E-state index contributed by atoms with van der Waals surface area (Å²) < 4.78 is 22.6. The van der Waals surface area contributed by atoms with Crippen LogP contribution in [-0.4, -0.2) is 30.9 Å². The topological polar surface area (TPSA) is 67.3 Å². The van der Waals surface area contributed by atoms with E-state index in [4.69, 9.17) is 5.11 Å². The molecular weight excluding hydrogens is 190 g/mol. The van der Waals surface area contributed by atoms with Gasteiger partial charge in [0, 0.05) is 6.20 Å². The van der Waals surface area contributed by atoms with Crippen LogP contribution in [0.3, 0.4) is 0 Å². The molecule has 0 saturated carbocycles. The van der Waals surface area contributed by atoms with Crippen LogP contribution in [0.25, 0.3) is 0 Å². The van der Waals surface area contributed by atoms with E-state index in [1.165, 1.54) is 12.3 Å². The third-order valence-corrected chi connectivity index (χ3v) is 3.16. The zero-order valence-electron chi connectivity index (χ0n) is 7.27. The summed E-state index contributed by atoms with van der Waals surface area (Å²) in [6.07, 6.45) is 1.49. The number of nitrogens with zero attached hydrogens (tertiary/aromatic N) is 1. The fraction of sp³-hybridized carbons (Fsp3) is 0.375. The molecule has 0 atom stereocenters. The minimum absolute atomic E-state index is 0.0205. The first-order valence-corrected chi connectivity index (χ1v) is 5.48. The van der Waals surface area contributed by atoms with Gasteiger partial charge >= 0.3 is 0 Å². The molecule has 0 spiro atoms. The normalized spacial score (nSPS) is 11.5. The highest BCUT2D eigenvalue weighted by atomic mass is 32.2. The number of pyridine rings is 1. The van der Waals surface area contributed by atoms with Gasteiger partial charge < -0.3 is 5.11 Å². The predicted molar refractivity (Wildman–Crippen MR) is 48.1 cm³/mol. The Morgan fingerprint density at radius 3 is 2.62 bits per heavy atom. The van der Waals surface area contributed by atoms with Crippen molar-refractivity contribution in [2.45, 2.75) is 11.9 Å². The molecule has 1 rings (SSSR count). The average Bonchev–Trinajstić information content (AvgIpc) is 2.05. The second-order valence-corrected chi connectivity index (χ2v) is 4.77. The van der Waals surface area contributed by atoms with Crippen molar-refractivity contribution in [3.05, 3.63) is 23.9 Å². The van der Waals surface area contributed by atoms with Gasteiger partial charge in [0.2, 0.25) is 0 Å². The number of aliphatic hydroxyl groups excluding tert-OH is 1. The number of rotatable bonds is 3. The smallest absolute Gasteiger partial charge is 0.197 e. The molecule has 1 heterocycles. The zero-order chi connectivity index (χ0) is 9.90. The number of sulfone groups is 1. The lowest BCUT2D eigenvalue weighted by molar-refractivity contribution is 0.319. The standard InChI is InChI=1S/C8H11NO3S/c1-7-2-3-8(9-6-7)13(11,12)5-4-10/h2-3,6,10H,4-5H2,1H3. The first-order valence-electron chi connectivity index (χ1n) is 3.82. The van der Waals surface area contributed by atoms with Gasteiger partial charge in [-0.05, 0) is 18.6 Å². The lowest BCUT2D eigenvalue weighted by Crippen LogP contribution is -2.11. The summed E-state index contributed by atoms with van der Waals surface area (Å²) in [6, 6.07) is 3.12. The van der Waals surface area contributed by atoms with Gasteiger partial charge in [-0.2, -0.15) is 0 Å². The predicted octanol–water partition coefficient (Wildman–Crippen LogP) is 0.156. The monoisotopic (exact) mass is 201 g/mol. The molecule has 0 aliphatic carbocycles. The van der Waals surface area contributed by atoms with E-state index >= 15 is 0 Å². The third-order valence-electron chi connectivity index (χ3n) is 1.56. The van der Waals surface area contributed by atoms with E-state index in [9.17, 15) is 8.42 Å². The van der Waals surface area contributed by atoms with Crippen molar-refractivity contribution in [3.8, 4) is 0 Å². The summed E-state index contributed by atoms with van der Waals surface area (Å²) in [7, 11) is -3.39. The van der Waals surface area contributed by atoms with Crippen molar-refractivity contribution in [3.63, 3.8) is 0 Å². The maximum absolute atomic E-state index is 11.3. The lowest BCUT2D eigenvalue weighted by Gasteiger charge is -2.00. The quantitative estimate of drug-likeness (QED) is 0.756. The van der Waals surface area contributed by atoms with E-state index < -0.39 is 9.84 Å². The van der Waals surface area contributed by atoms with E-state index in [1.54, 1.807) is 6.07 Å². The van der Waals surface area contributed by atoms with Gasteiger partial charge in [0.15, 0.2) is 14.9 Å². The number of aromatic nitrogens is 1. The molecule has 1 aromatic rings. The van der Waals surface area contributed by atoms with Crippen LogP contribution in [0.15, 0.2) is 23.4 Å². The van der Waals surface area contributed by atoms with Crippen LogP contribution in [-0.2, 0) is 9.84 Å². The Morgan fingerprint density at radius 1 is 1.46 bits per heavy atom. The van der Waals surface area contributed by atoms with E-state index in [0.29, 0.717) is 0 Å². The molecule has 0 aliphatic rings. The maximum Gasteiger partial charge on any atom is 0.197 e. The molecule has 1 aromatic heterocycles. The van der Waals surface area contributed by atoms with Gasteiger partial charge in [0.25, 0.3) is 0 Å². The molecule has 0 fully saturated rings. The van der Waals surface area contributed by atoms with Gasteiger partial charge in [-0.15, -0.1) is 0 Å². The summed E-state index contributed by atoms with van der Waals surface area (Å²) in [5, 5.41) is 8.53. The second-order valence-electron chi connectivity index (χ2n) is 2.72. The van der Waals surface area contributed by atoms with Crippen molar-refractivity contribution in [1.29, 1.82) is 0 Å². The fourth-order valence-corrected chi connectivity index (χ4v) is 1.80. The van der Waals surface area contributed by atoms with Crippen LogP contribution in [0.5, 0.6) is 0 Å². The SMILES string of the molecule is Cc1ccc(S(=O)(=O)CCO)nc1. The second kappa shape index (κ2) is 3.85. The highest BCUT2D eigenvalue weighted by Crippen LogP contribution is 2.07. The Hall–Kier alpha value is -0.940. The molecular formula is C8H11NO3S. The van der Waals surface area contributed by atoms with Crippen molar-refractivity contribution in [1.82, 2.24) is 4.98 Å². The zero-order valence-corrected chi connectivity index (χ0v) is 8.08. The Labute approximate surface area is 77.2 Å². The molecule has 5 heteroatoms. The minimum Gasteiger partial charge on any atom is -0.395 e. The van der Waals surface area contributed by atoms with Crippen molar-refractivity contribution in [2.75, 3.05) is 12.4 Å². The Morgan fingerprint density at radius 2 is 2.15 bits per heavy atom. The van der Waals surface area contributed by atoms with E-state index in [2.05, 4.69) is 4.98 Å². The van der Waals surface area contributed by atoms with Crippen LogP contribution in [0, 0.1) is 6.92 Å². The summed E-state index contributed by atoms with van der Waals surface area (Å²) in [5.41, 5.74) is 0.906. The maximum atomic E-state index is 11.3. The highest BCUT2D eigenvalue weighted by Gasteiger charge is 2.14. The Kier molecular flexibility index (Phi) is 3.00. The first-order chi connectivity index (χ1) is 6.06. The Bertz CT molecular complexity index is 369. The minimum atomic E-state index is -3.39. The van der Waals surface area contributed by atoms with Gasteiger partial charge in [-0.3, -0.25) is 0 Å². The number of aryl methyl sites for hydroxylation is 1. The molecule has 0 unspecified atom stereocenters. The highest BCUT2D eigenvalue weighted by molar-refractivity contribution is 7.91. The molecule has 0 radical (unpaired) electrons. The van der Waals surface area contributed by atoms with Crippen molar-refractivity contribution >= 4 is 9.84 Å². The molecule has 13 heavy (non-hydrogen) atoms. The molecule has 72 valence electrons. The van der Waals surface area contributed by atoms with Crippen molar-refractivity contribution in [2.24, 2.45) is 0 Å². The van der Waals surface area contributed by atoms with Crippen LogP contribution in [0.1, 0.15) is 5.56 Å². The number of hydrogen-bond acceptors (Lipinski definition) is 4. The number of hydrogen-bond donors (Lipinski definition) is 1. The molecule has 0 aromatic carbocycles. The molecule has 0 amide bonds. The van der Waals surface area contributed by atoms with Gasteiger partial charge in [-0.1, -0.05) is 6.07 Å². The lowest BCUT2D eigenvalue weighted by atomic mass is 10.3. The largest absolute Gasteiger partial charge is 0.395 e. The summed E-state index contributed by atoms with van der Waals surface area (Å²) in [4.78, 5) is 3.77. The van der Waals surface area contributed by atoms with E-state index in [1.807, 2.05) is 6.92 Å². The van der Waals surface area contributed by atoms with Gasteiger partial charge in [-0.25, -0.2) is 13.4 Å². The summed E-state index contributed by atoms with van der Waals surface area (Å²) >= 11 is 0. The van der Waals surface area contributed by atoms with Gasteiger partial charge in [0.05, 0.1) is 12.4 Å². The summed E-state index contributed by atoms with van der Waals surface area (Å²) in [5.74, 6) is -0.275. The molecule has 0 aliphatic heterocycles. The van der Waals surface area contributed by atoms with Crippen LogP contribution in [0.4, 0.5) is 0 Å². The van der Waals surface area contributed by atoms with Crippen LogP contribution < -0.4 is 0 Å². The average molecular weight is 201 g/mol. The third kappa shape index (κ3) is 2.50. The molecule has 0 saturated heterocycles. The number of aliphatic hydroxyl groups is 1. The summed E-state index contributed by atoms with van der Waals surface area (Å²) in [6.45, 7) is 1.45.